The highest BCUT2D eigenvalue weighted by Gasteiger charge is 2.24. The van der Waals surface area contributed by atoms with Gasteiger partial charge in [0.05, 0.1) is 25.5 Å². The summed E-state index contributed by atoms with van der Waals surface area (Å²) < 4.78 is 11.9. The number of piperidine rings is 1. The van der Waals surface area contributed by atoms with Crippen molar-refractivity contribution in [1.82, 2.24) is 15.3 Å². The second kappa shape index (κ2) is 12.6. The van der Waals surface area contributed by atoms with Crippen molar-refractivity contribution in [3.05, 3.63) is 72.6 Å². The Morgan fingerprint density at radius 2 is 1.86 bits per heavy atom. The molecule has 0 bridgehead atoms. The smallest absolute Gasteiger partial charge is 0.326 e. The van der Waals surface area contributed by atoms with E-state index in [9.17, 15) is 14.7 Å². The summed E-state index contributed by atoms with van der Waals surface area (Å²) in [5.74, 6) is 1.12. The number of benzene rings is 2. The Labute approximate surface area is 215 Å². The van der Waals surface area contributed by atoms with Crippen molar-refractivity contribution in [1.29, 1.82) is 0 Å². The van der Waals surface area contributed by atoms with Gasteiger partial charge < -0.3 is 24.8 Å². The Morgan fingerprint density at radius 1 is 1.11 bits per heavy atom. The second-order valence-electron chi connectivity index (χ2n) is 8.65. The van der Waals surface area contributed by atoms with Gasteiger partial charge in [0, 0.05) is 13.0 Å². The van der Waals surface area contributed by atoms with Gasteiger partial charge in [0.2, 0.25) is 0 Å². The number of nitrogens with zero attached hydrogens (tertiary/aromatic N) is 3. The molecule has 2 heterocycles. The van der Waals surface area contributed by atoms with Gasteiger partial charge in [0.15, 0.2) is 17.3 Å². The van der Waals surface area contributed by atoms with E-state index in [-0.39, 0.29) is 18.3 Å². The maximum Gasteiger partial charge on any atom is 0.326 e. The summed E-state index contributed by atoms with van der Waals surface area (Å²) in [5.41, 5.74) is 0.808. The zero-order valence-electron chi connectivity index (χ0n) is 20.7. The van der Waals surface area contributed by atoms with Crippen LogP contribution in [0.3, 0.4) is 0 Å². The summed E-state index contributed by atoms with van der Waals surface area (Å²) in [6, 6.07) is 15.0. The van der Waals surface area contributed by atoms with E-state index in [1.165, 1.54) is 6.20 Å². The Morgan fingerprint density at radius 3 is 2.62 bits per heavy atom. The van der Waals surface area contributed by atoms with Crippen molar-refractivity contribution in [2.24, 2.45) is 0 Å². The van der Waals surface area contributed by atoms with E-state index in [0.717, 1.165) is 24.9 Å². The average Bonchev–Trinajstić information content (AvgIpc) is 2.90. The van der Waals surface area contributed by atoms with E-state index in [0.29, 0.717) is 30.5 Å². The standard InChI is InChI=1S/C27H31N5O5/c1-2-36-22-12-6-7-13-23(22)37-20-11-8-14-32(18-20)25-17-28-16-24(30-25)31-27(35)29-21(26(33)34)15-19-9-4-3-5-10-19/h3-7,9-10,12-13,16-17,20-21H,2,8,11,14-15,18H2,1H3,(H,33,34)(H2,29,30,31,35)/t20-,21?/m1/s1. The van der Waals surface area contributed by atoms with Gasteiger partial charge in [0.25, 0.3) is 0 Å². The summed E-state index contributed by atoms with van der Waals surface area (Å²) in [6.07, 6.45) is 4.95. The average molecular weight is 506 g/mol. The molecule has 4 rings (SSSR count). The molecule has 0 spiro atoms. The molecule has 1 aliphatic heterocycles. The molecule has 0 saturated carbocycles. The number of carboxylic acid groups (broad SMARTS) is 1. The quantitative estimate of drug-likeness (QED) is 0.380. The molecule has 10 heteroatoms. The first-order valence-corrected chi connectivity index (χ1v) is 12.3. The Kier molecular flexibility index (Phi) is 8.75. The van der Waals surface area contributed by atoms with Gasteiger partial charge in [-0.2, -0.15) is 0 Å². The highest BCUT2D eigenvalue weighted by Crippen LogP contribution is 2.30. The molecule has 2 amide bonds. The molecule has 1 unspecified atom stereocenters. The third kappa shape index (κ3) is 7.33. The Bertz CT molecular complexity index is 1190. The van der Waals surface area contributed by atoms with Crippen molar-refractivity contribution in [3.8, 4) is 11.5 Å². The van der Waals surface area contributed by atoms with E-state index >= 15 is 0 Å². The fraction of sp³-hybridized carbons (Fsp3) is 0.333. The number of carbonyl (C=O) groups is 2. The van der Waals surface area contributed by atoms with E-state index in [4.69, 9.17) is 9.47 Å². The number of aromatic nitrogens is 2. The lowest BCUT2D eigenvalue weighted by Crippen LogP contribution is -2.44. The van der Waals surface area contributed by atoms with Gasteiger partial charge in [0.1, 0.15) is 18.0 Å². The molecule has 3 N–H and O–H groups in total. The number of rotatable bonds is 10. The lowest BCUT2D eigenvalue weighted by atomic mass is 10.1. The SMILES string of the molecule is CCOc1ccccc1O[C@@H]1CCCN(c2cncc(NC(=O)NC(Cc3ccccc3)C(=O)O)n2)C1. The number of para-hydroxylation sites is 2. The molecule has 1 saturated heterocycles. The number of urea groups is 1. The highest BCUT2D eigenvalue weighted by atomic mass is 16.5. The molecule has 194 valence electrons. The molecule has 37 heavy (non-hydrogen) atoms. The molecule has 10 nitrogen and oxygen atoms in total. The third-order valence-electron chi connectivity index (χ3n) is 5.89. The van der Waals surface area contributed by atoms with Crippen LogP contribution in [0.2, 0.25) is 0 Å². The fourth-order valence-electron chi connectivity index (χ4n) is 4.17. The lowest BCUT2D eigenvalue weighted by Gasteiger charge is -2.33. The largest absolute Gasteiger partial charge is 0.490 e. The molecular formula is C27H31N5O5. The maximum absolute atomic E-state index is 12.5. The molecule has 3 aromatic rings. The van der Waals surface area contributed by atoms with Gasteiger partial charge in [-0.25, -0.2) is 14.6 Å². The van der Waals surface area contributed by atoms with Gasteiger partial charge in [-0.05, 0) is 37.5 Å². The summed E-state index contributed by atoms with van der Waals surface area (Å²) in [6.45, 7) is 3.86. The number of carboxylic acids is 1. The summed E-state index contributed by atoms with van der Waals surface area (Å²) in [5, 5.41) is 14.6. The van der Waals surface area contributed by atoms with Crippen LogP contribution in [0.25, 0.3) is 0 Å². The van der Waals surface area contributed by atoms with Crippen LogP contribution in [-0.2, 0) is 11.2 Å². The number of anilines is 2. The number of hydrogen-bond donors (Lipinski definition) is 3. The van der Waals surface area contributed by atoms with Crippen LogP contribution in [0.5, 0.6) is 11.5 Å². The number of aliphatic carboxylic acids is 1. The molecule has 1 aliphatic rings. The van der Waals surface area contributed by atoms with Gasteiger partial charge in [-0.15, -0.1) is 0 Å². The Balaban J connectivity index is 1.37. The predicted octanol–water partition coefficient (Wildman–Crippen LogP) is 3.74. The van der Waals surface area contributed by atoms with Crippen molar-refractivity contribution >= 4 is 23.6 Å². The normalized spacial score (nSPS) is 15.9. The van der Waals surface area contributed by atoms with Crippen LogP contribution in [-0.4, -0.2) is 58.9 Å². The van der Waals surface area contributed by atoms with Crippen LogP contribution in [0.15, 0.2) is 67.0 Å². The fourth-order valence-corrected chi connectivity index (χ4v) is 4.17. The summed E-state index contributed by atoms with van der Waals surface area (Å²) >= 11 is 0. The maximum atomic E-state index is 12.5. The van der Waals surface area contributed by atoms with Crippen LogP contribution >= 0.6 is 0 Å². The lowest BCUT2D eigenvalue weighted by molar-refractivity contribution is -0.139. The van der Waals surface area contributed by atoms with Crippen molar-refractivity contribution in [2.75, 3.05) is 29.9 Å². The number of nitrogens with one attached hydrogen (secondary N) is 2. The number of hydrogen-bond acceptors (Lipinski definition) is 7. The van der Waals surface area contributed by atoms with Crippen LogP contribution < -0.4 is 25.0 Å². The van der Waals surface area contributed by atoms with E-state index < -0.39 is 18.0 Å². The van der Waals surface area contributed by atoms with E-state index in [2.05, 4.69) is 25.5 Å². The predicted molar refractivity (Wildman–Crippen MR) is 139 cm³/mol. The number of amides is 2. The monoisotopic (exact) mass is 505 g/mol. The molecule has 1 fully saturated rings. The van der Waals surface area contributed by atoms with E-state index in [1.807, 2.05) is 61.5 Å². The molecule has 0 aliphatic carbocycles. The van der Waals surface area contributed by atoms with Crippen molar-refractivity contribution in [2.45, 2.75) is 38.3 Å². The van der Waals surface area contributed by atoms with Gasteiger partial charge in [-0.1, -0.05) is 42.5 Å². The minimum absolute atomic E-state index is 0.0635. The first-order valence-electron chi connectivity index (χ1n) is 12.3. The zero-order chi connectivity index (χ0) is 26.0. The molecule has 1 aromatic heterocycles. The number of carbonyl (C=O) groups excluding carboxylic acids is 1. The third-order valence-corrected chi connectivity index (χ3v) is 5.89. The number of ether oxygens (including phenoxy) is 2. The molecule has 2 aromatic carbocycles. The second-order valence-corrected chi connectivity index (χ2v) is 8.65. The van der Waals surface area contributed by atoms with Crippen LogP contribution in [0, 0.1) is 0 Å². The van der Waals surface area contributed by atoms with Gasteiger partial charge in [-0.3, -0.25) is 10.3 Å². The van der Waals surface area contributed by atoms with E-state index in [1.54, 1.807) is 6.20 Å². The summed E-state index contributed by atoms with van der Waals surface area (Å²) in [4.78, 5) is 35.0. The van der Waals surface area contributed by atoms with Crippen molar-refractivity contribution < 1.29 is 24.2 Å². The first kappa shape index (κ1) is 25.7. The highest BCUT2D eigenvalue weighted by molar-refractivity contribution is 5.91. The zero-order valence-corrected chi connectivity index (χ0v) is 20.7. The van der Waals surface area contributed by atoms with Crippen molar-refractivity contribution in [3.63, 3.8) is 0 Å². The summed E-state index contributed by atoms with van der Waals surface area (Å²) in [7, 11) is 0. The van der Waals surface area contributed by atoms with Crippen LogP contribution in [0.1, 0.15) is 25.3 Å². The molecule has 0 radical (unpaired) electrons. The topological polar surface area (TPSA) is 126 Å². The minimum atomic E-state index is -1.12. The first-order chi connectivity index (χ1) is 18.0. The Hall–Kier alpha value is -4.34. The van der Waals surface area contributed by atoms with Crippen LogP contribution in [0.4, 0.5) is 16.4 Å². The molecule has 2 atom stereocenters. The van der Waals surface area contributed by atoms with Gasteiger partial charge >= 0.3 is 12.0 Å². The minimum Gasteiger partial charge on any atom is -0.490 e. The molecular weight excluding hydrogens is 474 g/mol.